The summed E-state index contributed by atoms with van der Waals surface area (Å²) in [5.74, 6) is -0.226. The van der Waals surface area contributed by atoms with Gasteiger partial charge in [0.1, 0.15) is 0 Å². The summed E-state index contributed by atoms with van der Waals surface area (Å²) >= 11 is 3.65. The molecule has 1 saturated heterocycles. The third-order valence-electron chi connectivity index (χ3n) is 4.62. The Morgan fingerprint density at radius 3 is 2.81 bits per heavy atom. The van der Waals surface area contributed by atoms with Crippen LogP contribution in [0.15, 0.2) is 22.7 Å². The van der Waals surface area contributed by atoms with E-state index in [1.54, 1.807) is 0 Å². The van der Waals surface area contributed by atoms with Gasteiger partial charge in [-0.05, 0) is 42.9 Å². The number of hydrogen-bond donors (Lipinski definition) is 2. The summed E-state index contributed by atoms with van der Waals surface area (Å²) in [5, 5.41) is 3.81. The van der Waals surface area contributed by atoms with Gasteiger partial charge in [-0.3, -0.25) is 9.69 Å². The van der Waals surface area contributed by atoms with Gasteiger partial charge in [0.25, 0.3) is 0 Å². The topological polar surface area (TPSA) is 58.4 Å². The fraction of sp³-hybridized carbons (Fsp3) is 0.562. The van der Waals surface area contributed by atoms with Crippen LogP contribution < -0.4 is 11.1 Å². The molecule has 114 valence electrons. The number of amides is 1. The van der Waals surface area contributed by atoms with E-state index in [0.29, 0.717) is 18.6 Å². The molecule has 1 amide bonds. The van der Waals surface area contributed by atoms with E-state index in [9.17, 15) is 4.79 Å². The predicted molar refractivity (Wildman–Crippen MR) is 87.0 cm³/mol. The number of nitrogens with one attached hydrogen (secondary N) is 1. The molecule has 4 nitrogen and oxygen atoms in total. The second-order valence-corrected chi connectivity index (χ2v) is 6.94. The highest BCUT2D eigenvalue weighted by Crippen LogP contribution is 2.36. The molecule has 1 aliphatic heterocycles. The van der Waals surface area contributed by atoms with E-state index in [2.05, 4.69) is 44.3 Å². The zero-order valence-electron chi connectivity index (χ0n) is 12.1. The minimum Gasteiger partial charge on any atom is -0.369 e. The van der Waals surface area contributed by atoms with Crippen LogP contribution in [-0.2, 0) is 11.2 Å². The van der Waals surface area contributed by atoms with E-state index in [1.165, 1.54) is 22.0 Å². The summed E-state index contributed by atoms with van der Waals surface area (Å²) in [6, 6.07) is 7.52. The van der Waals surface area contributed by atoms with Crippen molar-refractivity contribution in [3.63, 3.8) is 0 Å². The molecule has 0 bridgehead atoms. The van der Waals surface area contributed by atoms with Crippen molar-refractivity contribution >= 4 is 21.8 Å². The molecule has 3 N–H and O–H groups in total. The van der Waals surface area contributed by atoms with Crippen molar-refractivity contribution in [3.05, 3.63) is 33.8 Å². The lowest BCUT2D eigenvalue weighted by molar-refractivity contribution is -0.119. The van der Waals surface area contributed by atoms with Crippen molar-refractivity contribution < 1.29 is 4.79 Å². The van der Waals surface area contributed by atoms with E-state index < -0.39 is 0 Å². The number of carbonyl (C=O) groups excluding carboxylic acids is 1. The molecular weight excluding hydrogens is 330 g/mol. The molecule has 1 heterocycles. The van der Waals surface area contributed by atoms with E-state index in [0.717, 1.165) is 32.4 Å². The lowest BCUT2D eigenvalue weighted by Crippen LogP contribution is -2.45. The monoisotopic (exact) mass is 351 g/mol. The maximum absolute atomic E-state index is 11.0. The fourth-order valence-electron chi connectivity index (χ4n) is 3.55. The quantitative estimate of drug-likeness (QED) is 0.871. The van der Waals surface area contributed by atoms with Crippen LogP contribution in [0.4, 0.5) is 0 Å². The highest BCUT2D eigenvalue weighted by Gasteiger charge is 2.27. The maximum atomic E-state index is 11.0. The first-order chi connectivity index (χ1) is 10.1. The van der Waals surface area contributed by atoms with Gasteiger partial charge in [-0.2, -0.15) is 0 Å². The van der Waals surface area contributed by atoms with Crippen LogP contribution in [0.2, 0.25) is 0 Å². The van der Waals surface area contributed by atoms with Gasteiger partial charge in [0.05, 0.1) is 6.54 Å². The molecule has 1 unspecified atom stereocenters. The molecule has 21 heavy (non-hydrogen) atoms. The van der Waals surface area contributed by atoms with E-state index >= 15 is 0 Å². The molecular formula is C16H22BrN3O. The van der Waals surface area contributed by atoms with Gasteiger partial charge in [0, 0.05) is 29.6 Å². The zero-order valence-corrected chi connectivity index (χ0v) is 13.7. The number of fused-ring (bicyclic) bond motifs is 1. The number of carbonyl (C=O) groups is 1. The van der Waals surface area contributed by atoms with Gasteiger partial charge in [0.2, 0.25) is 5.91 Å². The molecule has 2 aliphatic rings. The molecule has 1 aromatic rings. The first kappa shape index (κ1) is 15.0. The maximum Gasteiger partial charge on any atom is 0.231 e. The van der Waals surface area contributed by atoms with Crippen molar-refractivity contribution in [2.24, 2.45) is 5.73 Å². The average molecular weight is 352 g/mol. The molecule has 0 radical (unpaired) electrons. The third-order valence-corrected chi connectivity index (χ3v) is 5.36. The van der Waals surface area contributed by atoms with Crippen LogP contribution in [0.25, 0.3) is 0 Å². The molecule has 1 atom stereocenters. The lowest BCUT2D eigenvalue weighted by Gasteiger charge is -2.33. The van der Waals surface area contributed by atoms with Crippen molar-refractivity contribution in [1.82, 2.24) is 10.2 Å². The Morgan fingerprint density at radius 1 is 1.33 bits per heavy atom. The van der Waals surface area contributed by atoms with Crippen LogP contribution in [0, 0.1) is 0 Å². The van der Waals surface area contributed by atoms with Gasteiger partial charge in [0.15, 0.2) is 0 Å². The van der Waals surface area contributed by atoms with Gasteiger partial charge >= 0.3 is 0 Å². The molecule has 0 aromatic heterocycles. The number of likely N-dealkylation sites (tertiary alicyclic amines) is 1. The number of halogens is 1. The van der Waals surface area contributed by atoms with Crippen molar-refractivity contribution in [2.75, 3.05) is 19.6 Å². The second-order valence-electron chi connectivity index (χ2n) is 6.08. The number of primary amides is 1. The van der Waals surface area contributed by atoms with Crippen LogP contribution in [0.5, 0.6) is 0 Å². The molecule has 1 fully saturated rings. The highest BCUT2D eigenvalue weighted by molar-refractivity contribution is 9.10. The van der Waals surface area contributed by atoms with Gasteiger partial charge in [-0.1, -0.05) is 28.1 Å². The summed E-state index contributed by atoms with van der Waals surface area (Å²) in [6.07, 6.45) is 4.51. The molecule has 1 aromatic carbocycles. The lowest BCUT2D eigenvalue weighted by atomic mass is 10.0. The van der Waals surface area contributed by atoms with Gasteiger partial charge < -0.3 is 11.1 Å². The van der Waals surface area contributed by atoms with Crippen LogP contribution in [0.3, 0.4) is 0 Å². The highest BCUT2D eigenvalue weighted by atomic mass is 79.9. The largest absolute Gasteiger partial charge is 0.369 e. The second kappa shape index (κ2) is 6.46. The average Bonchev–Trinajstić information content (AvgIpc) is 2.85. The minimum atomic E-state index is -0.226. The zero-order chi connectivity index (χ0) is 14.8. The normalized spacial score (nSPS) is 23.2. The first-order valence-corrected chi connectivity index (χ1v) is 8.47. The summed E-state index contributed by atoms with van der Waals surface area (Å²) < 4.78 is 1.24. The third kappa shape index (κ3) is 3.47. The van der Waals surface area contributed by atoms with E-state index in [1.807, 2.05) is 0 Å². The Bertz CT molecular complexity index is 526. The van der Waals surface area contributed by atoms with Crippen molar-refractivity contribution in [1.29, 1.82) is 0 Å². The SMILES string of the molecule is NC(=O)CN1CCC(NC2CCc3c(Br)cccc32)CC1. The Kier molecular flexibility index (Phi) is 4.62. The van der Waals surface area contributed by atoms with E-state index in [-0.39, 0.29) is 5.91 Å². The Labute approximate surface area is 134 Å². The molecule has 5 heteroatoms. The summed E-state index contributed by atoms with van der Waals surface area (Å²) in [6.45, 7) is 2.31. The number of rotatable bonds is 4. The van der Waals surface area contributed by atoms with Crippen LogP contribution >= 0.6 is 15.9 Å². The Balaban J connectivity index is 1.56. The van der Waals surface area contributed by atoms with Crippen molar-refractivity contribution in [3.8, 4) is 0 Å². The summed E-state index contributed by atoms with van der Waals surface area (Å²) in [4.78, 5) is 13.1. The Hall–Kier alpha value is -0.910. The van der Waals surface area contributed by atoms with Crippen LogP contribution in [-0.4, -0.2) is 36.5 Å². The fourth-order valence-corrected chi connectivity index (χ4v) is 4.13. The predicted octanol–water partition coefficient (Wildman–Crippen LogP) is 1.98. The van der Waals surface area contributed by atoms with Gasteiger partial charge in [-0.15, -0.1) is 0 Å². The van der Waals surface area contributed by atoms with Gasteiger partial charge in [-0.25, -0.2) is 0 Å². The smallest absolute Gasteiger partial charge is 0.231 e. The van der Waals surface area contributed by atoms with Crippen LogP contribution in [0.1, 0.15) is 36.4 Å². The minimum absolute atomic E-state index is 0.226. The first-order valence-electron chi connectivity index (χ1n) is 7.67. The number of nitrogens with two attached hydrogens (primary N) is 1. The van der Waals surface area contributed by atoms with Crippen molar-refractivity contribution in [2.45, 2.75) is 37.8 Å². The molecule has 0 spiro atoms. The Morgan fingerprint density at radius 2 is 2.10 bits per heavy atom. The summed E-state index contributed by atoms with van der Waals surface area (Å²) in [5.41, 5.74) is 8.16. The number of nitrogens with zero attached hydrogens (tertiary/aromatic N) is 1. The number of benzene rings is 1. The molecule has 0 saturated carbocycles. The molecule has 1 aliphatic carbocycles. The van der Waals surface area contributed by atoms with E-state index in [4.69, 9.17) is 5.73 Å². The molecule has 3 rings (SSSR count). The summed E-state index contributed by atoms with van der Waals surface area (Å²) in [7, 11) is 0. The number of hydrogen-bond acceptors (Lipinski definition) is 3. The standard InChI is InChI=1S/C16H22BrN3O/c17-14-3-1-2-13-12(14)4-5-15(13)19-11-6-8-20(9-7-11)10-16(18)21/h1-3,11,15,19H,4-10H2,(H2,18,21). The number of piperidine rings is 1.